The molecule has 0 aliphatic carbocycles. The minimum Gasteiger partial charge on any atom is -0.493 e. The topological polar surface area (TPSA) is 30.5 Å². The zero-order chi connectivity index (χ0) is 19.2. The molecule has 0 saturated heterocycles. The van der Waals surface area contributed by atoms with Crippen LogP contribution in [-0.4, -0.2) is 7.11 Å². The predicted octanol–water partition coefficient (Wildman–Crippen LogP) is 7.06. The van der Waals surface area contributed by atoms with Crippen LogP contribution in [0.4, 0.5) is 5.69 Å². The van der Waals surface area contributed by atoms with Crippen LogP contribution in [-0.2, 0) is 13.2 Å². The molecule has 3 nitrogen and oxygen atoms in total. The third kappa shape index (κ3) is 5.64. The van der Waals surface area contributed by atoms with E-state index in [4.69, 9.17) is 21.1 Å². The number of ether oxygens (including phenoxy) is 2. The molecular weight excluding hydrogens is 493 g/mol. The van der Waals surface area contributed by atoms with Gasteiger partial charge in [0, 0.05) is 21.7 Å². The van der Waals surface area contributed by atoms with Crippen molar-refractivity contribution < 1.29 is 9.47 Å². The van der Waals surface area contributed by atoms with Crippen LogP contribution in [0.1, 0.15) is 11.1 Å². The van der Waals surface area contributed by atoms with Gasteiger partial charge in [0.1, 0.15) is 6.61 Å². The molecule has 0 aromatic heterocycles. The molecule has 0 spiro atoms. The first kappa shape index (κ1) is 20.1. The molecular formula is C21H18Br2ClNO2. The number of nitrogens with one attached hydrogen (secondary N) is 1. The first-order valence-corrected chi connectivity index (χ1v) is 10.2. The van der Waals surface area contributed by atoms with Gasteiger partial charge in [0.05, 0.1) is 11.6 Å². The highest BCUT2D eigenvalue weighted by Crippen LogP contribution is 2.37. The van der Waals surface area contributed by atoms with Gasteiger partial charge in [-0.1, -0.05) is 39.7 Å². The first-order valence-electron chi connectivity index (χ1n) is 8.28. The quantitative estimate of drug-likeness (QED) is 0.368. The fourth-order valence-corrected chi connectivity index (χ4v) is 3.52. The van der Waals surface area contributed by atoms with Gasteiger partial charge in [-0.25, -0.2) is 0 Å². The van der Waals surface area contributed by atoms with Gasteiger partial charge in [-0.05, 0) is 75.6 Å². The summed E-state index contributed by atoms with van der Waals surface area (Å²) in [6.07, 6.45) is 0. The molecule has 3 aromatic rings. The number of benzene rings is 3. The van der Waals surface area contributed by atoms with E-state index in [1.807, 2.05) is 60.7 Å². The van der Waals surface area contributed by atoms with E-state index < -0.39 is 0 Å². The van der Waals surface area contributed by atoms with Gasteiger partial charge in [-0.2, -0.15) is 0 Å². The Morgan fingerprint density at radius 2 is 1.63 bits per heavy atom. The molecule has 0 atom stereocenters. The van der Waals surface area contributed by atoms with Gasteiger partial charge >= 0.3 is 0 Å². The maximum Gasteiger partial charge on any atom is 0.175 e. The van der Waals surface area contributed by atoms with Crippen LogP contribution >= 0.6 is 43.5 Å². The van der Waals surface area contributed by atoms with Crippen LogP contribution in [0.5, 0.6) is 11.5 Å². The number of hydrogen-bond acceptors (Lipinski definition) is 3. The van der Waals surface area contributed by atoms with Gasteiger partial charge in [-0.3, -0.25) is 0 Å². The lowest BCUT2D eigenvalue weighted by atomic mass is 10.2. The van der Waals surface area contributed by atoms with Crippen LogP contribution in [0.15, 0.2) is 69.6 Å². The molecule has 3 rings (SSSR count). The number of anilines is 1. The molecule has 0 bridgehead atoms. The summed E-state index contributed by atoms with van der Waals surface area (Å²) >= 11 is 13.0. The fraction of sp³-hybridized carbons (Fsp3) is 0.143. The number of methoxy groups -OCH3 is 1. The molecule has 3 aromatic carbocycles. The van der Waals surface area contributed by atoms with E-state index in [-0.39, 0.29) is 0 Å². The van der Waals surface area contributed by atoms with E-state index in [1.165, 1.54) is 0 Å². The van der Waals surface area contributed by atoms with Crippen molar-refractivity contribution in [2.24, 2.45) is 0 Å². The van der Waals surface area contributed by atoms with Crippen molar-refractivity contribution in [2.75, 3.05) is 12.4 Å². The zero-order valence-electron chi connectivity index (χ0n) is 14.6. The number of halogens is 3. The van der Waals surface area contributed by atoms with E-state index in [0.717, 1.165) is 25.8 Å². The van der Waals surface area contributed by atoms with E-state index in [0.29, 0.717) is 29.7 Å². The summed E-state index contributed by atoms with van der Waals surface area (Å²) < 4.78 is 13.4. The lowest BCUT2D eigenvalue weighted by molar-refractivity contribution is 0.282. The van der Waals surface area contributed by atoms with Gasteiger partial charge in [0.15, 0.2) is 11.5 Å². The van der Waals surface area contributed by atoms with Gasteiger partial charge in [0.2, 0.25) is 0 Å². The Balaban J connectivity index is 1.70. The molecule has 0 unspecified atom stereocenters. The van der Waals surface area contributed by atoms with Crippen molar-refractivity contribution in [3.05, 3.63) is 85.8 Å². The Bertz CT molecular complexity index is 899. The van der Waals surface area contributed by atoms with Crippen LogP contribution in [0.2, 0.25) is 5.02 Å². The standard InChI is InChI=1S/C21H18Br2ClNO2/c1-26-20-11-15(12-25-18-8-4-16(22)5-9-18)10-19(23)21(20)27-13-14-2-6-17(24)7-3-14/h2-11,25H,12-13H2,1H3. The second kappa shape index (κ2) is 9.49. The molecule has 0 aliphatic heterocycles. The second-order valence-corrected chi connectivity index (χ2v) is 8.09. The van der Waals surface area contributed by atoms with E-state index >= 15 is 0 Å². The lowest BCUT2D eigenvalue weighted by Crippen LogP contribution is -2.02. The maximum atomic E-state index is 5.98. The highest BCUT2D eigenvalue weighted by Gasteiger charge is 2.12. The molecule has 0 fully saturated rings. The minimum atomic E-state index is 0.433. The average Bonchev–Trinajstić information content (AvgIpc) is 2.67. The molecule has 0 aliphatic rings. The molecule has 0 radical (unpaired) electrons. The lowest BCUT2D eigenvalue weighted by Gasteiger charge is -2.15. The summed E-state index contributed by atoms with van der Waals surface area (Å²) in [5, 5.41) is 4.11. The summed E-state index contributed by atoms with van der Waals surface area (Å²) in [6, 6.07) is 19.7. The van der Waals surface area contributed by atoms with Gasteiger partial charge in [0.25, 0.3) is 0 Å². The molecule has 1 N–H and O–H groups in total. The SMILES string of the molecule is COc1cc(CNc2ccc(Br)cc2)cc(Br)c1OCc1ccc(Cl)cc1. The molecule has 0 heterocycles. The highest BCUT2D eigenvalue weighted by atomic mass is 79.9. The Labute approximate surface area is 180 Å². The summed E-state index contributed by atoms with van der Waals surface area (Å²) in [7, 11) is 1.64. The monoisotopic (exact) mass is 509 g/mol. The van der Waals surface area contributed by atoms with Crippen molar-refractivity contribution in [3.8, 4) is 11.5 Å². The third-order valence-electron chi connectivity index (χ3n) is 3.93. The molecule has 0 saturated carbocycles. The van der Waals surface area contributed by atoms with Crippen molar-refractivity contribution in [1.29, 1.82) is 0 Å². The molecule has 6 heteroatoms. The summed E-state index contributed by atoms with van der Waals surface area (Å²) in [5.41, 5.74) is 3.17. The van der Waals surface area contributed by atoms with Crippen LogP contribution in [0.3, 0.4) is 0 Å². The number of hydrogen-bond donors (Lipinski definition) is 1. The van der Waals surface area contributed by atoms with E-state index in [2.05, 4.69) is 37.2 Å². The van der Waals surface area contributed by atoms with Crippen LogP contribution < -0.4 is 14.8 Å². The van der Waals surface area contributed by atoms with Crippen molar-refractivity contribution in [2.45, 2.75) is 13.2 Å². The van der Waals surface area contributed by atoms with E-state index in [9.17, 15) is 0 Å². The van der Waals surface area contributed by atoms with Crippen molar-refractivity contribution in [3.63, 3.8) is 0 Å². The molecule has 27 heavy (non-hydrogen) atoms. The third-order valence-corrected chi connectivity index (χ3v) is 5.30. The summed E-state index contributed by atoms with van der Waals surface area (Å²) in [6.45, 7) is 1.11. The van der Waals surface area contributed by atoms with Crippen molar-refractivity contribution >= 4 is 49.1 Å². The largest absolute Gasteiger partial charge is 0.493 e. The fourth-order valence-electron chi connectivity index (χ4n) is 2.52. The second-order valence-electron chi connectivity index (χ2n) is 5.88. The molecule has 140 valence electrons. The molecule has 0 amide bonds. The van der Waals surface area contributed by atoms with Crippen molar-refractivity contribution in [1.82, 2.24) is 0 Å². The smallest absolute Gasteiger partial charge is 0.175 e. The average molecular weight is 512 g/mol. The minimum absolute atomic E-state index is 0.433. The highest BCUT2D eigenvalue weighted by molar-refractivity contribution is 9.10. The Kier molecular flexibility index (Phi) is 7.05. The Hall–Kier alpha value is -1.69. The van der Waals surface area contributed by atoms with Gasteiger partial charge < -0.3 is 14.8 Å². The Morgan fingerprint density at radius 1 is 0.926 bits per heavy atom. The summed E-state index contributed by atoms with van der Waals surface area (Å²) in [4.78, 5) is 0. The van der Waals surface area contributed by atoms with Gasteiger partial charge in [-0.15, -0.1) is 0 Å². The normalized spacial score (nSPS) is 10.5. The van der Waals surface area contributed by atoms with Crippen LogP contribution in [0.25, 0.3) is 0 Å². The van der Waals surface area contributed by atoms with E-state index in [1.54, 1.807) is 7.11 Å². The Morgan fingerprint density at radius 3 is 2.30 bits per heavy atom. The predicted molar refractivity (Wildman–Crippen MR) is 118 cm³/mol. The summed E-state index contributed by atoms with van der Waals surface area (Å²) in [5.74, 6) is 1.37. The zero-order valence-corrected chi connectivity index (χ0v) is 18.6. The number of rotatable bonds is 7. The maximum absolute atomic E-state index is 5.98. The first-order chi connectivity index (χ1) is 13.0. The van der Waals surface area contributed by atoms with Crippen LogP contribution in [0, 0.1) is 0 Å².